The van der Waals surface area contributed by atoms with Gasteiger partial charge in [0.25, 0.3) is 0 Å². The summed E-state index contributed by atoms with van der Waals surface area (Å²) in [5.41, 5.74) is 0. The zero-order valence-electron chi connectivity index (χ0n) is 3.42. The van der Waals surface area contributed by atoms with Gasteiger partial charge in [0, 0.05) is 5.41 Å². The van der Waals surface area contributed by atoms with E-state index in [0.717, 1.165) is 5.41 Å². The van der Waals surface area contributed by atoms with Crippen LogP contribution >= 0.6 is 0 Å². The van der Waals surface area contributed by atoms with Gasteiger partial charge in [0.2, 0.25) is 0 Å². The number of rotatable bonds is 1. The Labute approximate surface area is 38.4 Å². The van der Waals surface area contributed by atoms with Crippen LogP contribution in [0, 0.1) is 0 Å². The van der Waals surface area contributed by atoms with Gasteiger partial charge in [-0.1, -0.05) is 6.08 Å². The molecule has 0 saturated carbocycles. The molecule has 3 heteroatoms. The molecule has 0 N–H and O–H groups in total. The van der Waals surface area contributed by atoms with E-state index in [1.54, 1.807) is 6.92 Å². The largest absolute Gasteiger partial charge is 0.227 e. The molecule has 0 aromatic rings. The van der Waals surface area contributed by atoms with Crippen molar-refractivity contribution in [2.45, 2.75) is 6.92 Å². The Balaban J connectivity index is 3.62. The summed E-state index contributed by atoms with van der Waals surface area (Å²) in [6.45, 7) is 1.66. The van der Waals surface area contributed by atoms with Crippen LogP contribution in [0.5, 0.6) is 0 Å². The molecule has 0 radical (unpaired) electrons. The highest BCUT2D eigenvalue weighted by atomic mass is 32.2. The maximum absolute atomic E-state index is 9.55. The molecule has 0 atom stereocenters. The fourth-order valence-electron chi connectivity index (χ4n) is 0.122. The second-order valence-electron chi connectivity index (χ2n) is 0.768. The van der Waals surface area contributed by atoms with Crippen molar-refractivity contribution in [1.82, 2.24) is 0 Å². The van der Waals surface area contributed by atoms with Crippen LogP contribution in [-0.2, 0) is 10.7 Å². The molecule has 0 spiro atoms. The highest BCUT2D eigenvalue weighted by Crippen LogP contribution is 1.64. The van der Waals surface area contributed by atoms with Crippen molar-refractivity contribution in [1.29, 1.82) is 0 Å². The van der Waals surface area contributed by atoms with Gasteiger partial charge in [-0.2, -0.15) is 0 Å². The zero-order valence-corrected chi connectivity index (χ0v) is 4.31. The predicted molar refractivity (Wildman–Crippen MR) is 25.1 cm³/mol. The fourth-order valence-corrected chi connectivity index (χ4v) is 0.365. The van der Waals surface area contributed by atoms with E-state index < -0.39 is 10.7 Å². The lowest BCUT2D eigenvalue weighted by molar-refractivity contribution is 0.622. The number of thiol groups is 1. The van der Waals surface area contributed by atoms with Crippen molar-refractivity contribution in [3.63, 3.8) is 0 Å². The van der Waals surface area contributed by atoms with Crippen LogP contribution in [0.1, 0.15) is 6.92 Å². The van der Waals surface area contributed by atoms with Crippen LogP contribution in [0.3, 0.4) is 0 Å². The molecule has 6 heavy (non-hydrogen) atoms. The molecular formula is C3H6O2S. The van der Waals surface area contributed by atoms with Gasteiger partial charge in [0.15, 0.2) is 10.7 Å². The Bertz CT molecular complexity index is 104. The number of hydrogen-bond donors (Lipinski definition) is 1. The third-order valence-corrected chi connectivity index (χ3v) is 0.812. The maximum atomic E-state index is 9.55. The highest BCUT2D eigenvalue weighted by Gasteiger charge is 1.61. The Kier molecular flexibility index (Phi) is 2.75. The molecular weight excluding hydrogens is 100 g/mol. The minimum absolute atomic E-state index is 1.12. The standard InChI is InChI=1S/C3H6O2S/c1-2-3-6(4)5/h2-3,6H,1H3. The second-order valence-corrected chi connectivity index (χ2v) is 1.64. The first-order valence-electron chi connectivity index (χ1n) is 1.53. The summed E-state index contributed by atoms with van der Waals surface area (Å²) in [7, 11) is -2.28. The average molecular weight is 106 g/mol. The number of allylic oxidation sites excluding steroid dienone is 1. The number of hydrogen-bond acceptors (Lipinski definition) is 2. The van der Waals surface area contributed by atoms with E-state index in [2.05, 4.69) is 0 Å². The molecule has 0 bridgehead atoms. The topological polar surface area (TPSA) is 34.1 Å². The van der Waals surface area contributed by atoms with Gasteiger partial charge in [-0.05, 0) is 6.92 Å². The van der Waals surface area contributed by atoms with Gasteiger partial charge < -0.3 is 0 Å². The molecule has 0 aromatic carbocycles. The predicted octanol–water partition coefficient (Wildman–Crippen LogP) is 0.131. The molecule has 0 aliphatic rings. The Morgan fingerprint density at radius 1 is 1.50 bits per heavy atom. The van der Waals surface area contributed by atoms with Crippen LogP contribution in [0.4, 0.5) is 0 Å². The summed E-state index contributed by atoms with van der Waals surface area (Å²) >= 11 is 0. The lowest BCUT2D eigenvalue weighted by Crippen LogP contribution is -1.58. The van der Waals surface area contributed by atoms with Crippen molar-refractivity contribution in [2.75, 3.05) is 0 Å². The zero-order chi connectivity index (χ0) is 4.99. The Morgan fingerprint density at radius 2 is 2.00 bits per heavy atom. The van der Waals surface area contributed by atoms with E-state index in [1.165, 1.54) is 6.08 Å². The first-order valence-corrected chi connectivity index (χ1v) is 2.78. The fraction of sp³-hybridized carbons (Fsp3) is 0.333. The average Bonchev–Trinajstić information content (AvgIpc) is 1.35. The van der Waals surface area contributed by atoms with E-state index in [4.69, 9.17) is 0 Å². The molecule has 0 fully saturated rings. The highest BCUT2D eigenvalue weighted by molar-refractivity contribution is 7.75. The lowest BCUT2D eigenvalue weighted by atomic mass is 10.8. The van der Waals surface area contributed by atoms with Gasteiger partial charge in [-0.3, -0.25) is 0 Å². The molecule has 0 heterocycles. The van der Waals surface area contributed by atoms with Crippen molar-refractivity contribution in [3.8, 4) is 0 Å². The van der Waals surface area contributed by atoms with Crippen LogP contribution in [0.2, 0.25) is 0 Å². The van der Waals surface area contributed by atoms with E-state index in [-0.39, 0.29) is 0 Å². The maximum Gasteiger partial charge on any atom is 0.161 e. The SMILES string of the molecule is CC=C[SH](=O)=O. The van der Waals surface area contributed by atoms with Gasteiger partial charge in [-0.25, -0.2) is 8.42 Å². The monoisotopic (exact) mass is 106 g/mol. The van der Waals surface area contributed by atoms with E-state index in [9.17, 15) is 8.42 Å². The summed E-state index contributed by atoms with van der Waals surface area (Å²) in [4.78, 5) is 0. The van der Waals surface area contributed by atoms with Crippen LogP contribution in [-0.4, -0.2) is 8.42 Å². The summed E-state index contributed by atoms with van der Waals surface area (Å²) in [6.07, 6.45) is 1.48. The summed E-state index contributed by atoms with van der Waals surface area (Å²) < 4.78 is 19.1. The molecule has 0 saturated heterocycles. The van der Waals surface area contributed by atoms with Crippen LogP contribution < -0.4 is 0 Å². The molecule has 2 nitrogen and oxygen atoms in total. The van der Waals surface area contributed by atoms with Crippen molar-refractivity contribution >= 4 is 10.7 Å². The summed E-state index contributed by atoms with van der Waals surface area (Å²) in [5.74, 6) is 0. The molecule has 0 amide bonds. The van der Waals surface area contributed by atoms with E-state index >= 15 is 0 Å². The van der Waals surface area contributed by atoms with Crippen molar-refractivity contribution < 1.29 is 8.42 Å². The van der Waals surface area contributed by atoms with E-state index in [1.807, 2.05) is 0 Å². The van der Waals surface area contributed by atoms with Gasteiger partial charge in [0.05, 0.1) is 0 Å². The molecule has 0 aliphatic carbocycles. The van der Waals surface area contributed by atoms with E-state index in [0.29, 0.717) is 0 Å². The van der Waals surface area contributed by atoms with Crippen molar-refractivity contribution in [2.24, 2.45) is 0 Å². The van der Waals surface area contributed by atoms with Gasteiger partial charge in [0.1, 0.15) is 0 Å². The first kappa shape index (κ1) is 5.69. The Morgan fingerprint density at radius 3 is 2.00 bits per heavy atom. The second kappa shape index (κ2) is 2.90. The molecule has 0 aliphatic heterocycles. The molecule has 0 unspecified atom stereocenters. The molecule has 0 aromatic heterocycles. The van der Waals surface area contributed by atoms with Gasteiger partial charge in [-0.15, -0.1) is 0 Å². The normalized spacial score (nSPS) is 11.0. The van der Waals surface area contributed by atoms with Gasteiger partial charge >= 0.3 is 0 Å². The third kappa shape index (κ3) is 3.69. The molecule has 0 rings (SSSR count). The molecule has 36 valence electrons. The smallest absolute Gasteiger partial charge is 0.161 e. The van der Waals surface area contributed by atoms with Crippen LogP contribution in [0.15, 0.2) is 11.5 Å². The van der Waals surface area contributed by atoms with Crippen LogP contribution in [0.25, 0.3) is 0 Å². The third-order valence-electron chi connectivity index (χ3n) is 0.271. The quantitative estimate of drug-likeness (QED) is 0.482. The Hall–Kier alpha value is -0.310. The lowest BCUT2D eigenvalue weighted by Gasteiger charge is -1.57. The minimum atomic E-state index is -2.28. The summed E-state index contributed by atoms with van der Waals surface area (Å²) in [5, 5.41) is 1.12. The summed E-state index contributed by atoms with van der Waals surface area (Å²) in [6, 6.07) is 0. The first-order chi connectivity index (χ1) is 2.77. The minimum Gasteiger partial charge on any atom is -0.227 e. The van der Waals surface area contributed by atoms with Crippen molar-refractivity contribution in [3.05, 3.63) is 11.5 Å².